The number of nitrogens with one attached hydrogen (secondary N) is 2. The maximum atomic E-state index is 13.6. The van der Waals surface area contributed by atoms with Crippen molar-refractivity contribution < 1.29 is 18.7 Å². The van der Waals surface area contributed by atoms with Crippen LogP contribution < -0.4 is 15.4 Å². The third kappa shape index (κ3) is 5.51. The Morgan fingerprint density at radius 2 is 1.96 bits per heavy atom. The van der Waals surface area contributed by atoms with Crippen molar-refractivity contribution in [2.75, 3.05) is 13.2 Å². The topological polar surface area (TPSA) is 67.4 Å². The molecule has 1 aliphatic rings. The molecule has 0 spiro atoms. The lowest BCUT2D eigenvalue weighted by Gasteiger charge is -2.31. The Morgan fingerprint density at radius 3 is 2.54 bits per heavy atom. The van der Waals surface area contributed by atoms with Gasteiger partial charge in [0.1, 0.15) is 6.61 Å². The molecule has 0 heterocycles. The van der Waals surface area contributed by atoms with E-state index in [4.69, 9.17) is 4.74 Å². The molecule has 0 bridgehead atoms. The van der Waals surface area contributed by atoms with Gasteiger partial charge in [-0.3, -0.25) is 9.59 Å². The monoisotopic (exact) mass is 336 g/mol. The molecule has 2 rings (SSSR count). The van der Waals surface area contributed by atoms with E-state index in [1.54, 1.807) is 18.2 Å². The van der Waals surface area contributed by atoms with Gasteiger partial charge in [0.25, 0.3) is 0 Å². The molecule has 0 aliphatic heterocycles. The smallest absolute Gasteiger partial charge is 0.239 e. The molecule has 1 saturated carbocycles. The summed E-state index contributed by atoms with van der Waals surface area (Å²) in [5, 5.41) is 5.49. The molecule has 0 saturated heterocycles. The van der Waals surface area contributed by atoms with Crippen LogP contribution in [0.1, 0.15) is 33.6 Å². The number of hydrogen-bond acceptors (Lipinski definition) is 3. The van der Waals surface area contributed by atoms with Crippen LogP contribution in [0.2, 0.25) is 0 Å². The molecule has 1 atom stereocenters. The van der Waals surface area contributed by atoms with Gasteiger partial charge >= 0.3 is 0 Å². The number of halogens is 1. The first-order valence-corrected chi connectivity index (χ1v) is 8.22. The van der Waals surface area contributed by atoms with Crippen molar-refractivity contribution in [2.24, 2.45) is 11.3 Å². The van der Waals surface area contributed by atoms with E-state index in [2.05, 4.69) is 10.6 Å². The first-order chi connectivity index (χ1) is 11.3. The number of benzene rings is 1. The van der Waals surface area contributed by atoms with Gasteiger partial charge in [-0.05, 0) is 30.4 Å². The van der Waals surface area contributed by atoms with Crippen LogP contribution in [-0.2, 0) is 9.59 Å². The first-order valence-electron chi connectivity index (χ1n) is 8.22. The summed E-state index contributed by atoms with van der Waals surface area (Å²) in [6.45, 7) is 5.98. The van der Waals surface area contributed by atoms with Gasteiger partial charge in [0.2, 0.25) is 11.8 Å². The zero-order valence-electron chi connectivity index (χ0n) is 14.4. The van der Waals surface area contributed by atoms with E-state index in [1.807, 2.05) is 20.8 Å². The molecule has 1 aliphatic carbocycles. The third-order valence-electron chi connectivity index (χ3n) is 3.99. The highest BCUT2D eigenvalue weighted by molar-refractivity contribution is 5.87. The van der Waals surface area contributed by atoms with Crippen molar-refractivity contribution in [1.29, 1.82) is 0 Å². The number of ether oxygens (including phenoxy) is 1. The molecule has 1 aromatic carbocycles. The molecule has 132 valence electrons. The third-order valence-corrected chi connectivity index (χ3v) is 3.99. The summed E-state index contributed by atoms with van der Waals surface area (Å²) in [5.41, 5.74) is -0.276. The highest BCUT2D eigenvalue weighted by atomic mass is 19.1. The minimum atomic E-state index is -0.437. The molecule has 2 N–H and O–H groups in total. The van der Waals surface area contributed by atoms with Gasteiger partial charge in [-0.2, -0.15) is 0 Å². The van der Waals surface area contributed by atoms with Crippen LogP contribution in [0.3, 0.4) is 0 Å². The van der Waals surface area contributed by atoms with Gasteiger partial charge in [-0.25, -0.2) is 4.39 Å². The van der Waals surface area contributed by atoms with Crippen molar-refractivity contribution >= 4 is 11.8 Å². The van der Waals surface area contributed by atoms with Gasteiger partial charge in [0.15, 0.2) is 11.6 Å². The van der Waals surface area contributed by atoms with Crippen LogP contribution in [-0.4, -0.2) is 31.0 Å². The first kappa shape index (κ1) is 18.2. The van der Waals surface area contributed by atoms with Crippen LogP contribution in [0.15, 0.2) is 24.3 Å². The highest BCUT2D eigenvalue weighted by Gasteiger charge is 2.31. The fourth-order valence-corrected chi connectivity index (χ4v) is 2.15. The molecule has 6 heteroatoms. The Kier molecular flexibility index (Phi) is 5.80. The number of carbonyl (C=O) groups is 2. The highest BCUT2D eigenvalue weighted by Crippen LogP contribution is 2.28. The van der Waals surface area contributed by atoms with E-state index >= 15 is 0 Å². The lowest BCUT2D eigenvalue weighted by atomic mass is 9.87. The molecule has 1 aromatic rings. The molecular formula is C18H25FN2O3. The zero-order chi connectivity index (χ0) is 17.7. The predicted octanol–water partition coefficient (Wildman–Crippen LogP) is 2.26. The lowest BCUT2D eigenvalue weighted by molar-refractivity contribution is -0.127. The normalized spacial score (nSPS) is 15.5. The Balaban J connectivity index is 1.87. The van der Waals surface area contributed by atoms with Crippen molar-refractivity contribution in [2.45, 2.75) is 39.7 Å². The van der Waals surface area contributed by atoms with Crippen LogP contribution in [0.25, 0.3) is 0 Å². The van der Waals surface area contributed by atoms with Crippen molar-refractivity contribution in [3.8, 4) is 5.75 Å². The Bertz CT molecular complexity index is 594. The summed E-state index contributed by atoms with van der Waals surface area (Å²) in [4.78, 5) is 23.7. The van der Waals surface area contributed by atoms with Gasteiger partial charge in [0, 0.05) is 5.92 Å². The number of rotatable bonds is 7. The molecule has 2 amide bonds. The number of para-hydroxylation sites is 1. The number of amides is 2. The second kappa shape index (κ2) is 7.64. The van der Waals surface area contributed by atoms with E-state index in [0.717, 1.165) is 12.8 Å². The largest absolute Gasteiger partial charge is 0.488 e. The average molecular weight is 336 g/mol. The van der Waals surface area contributed by atoms with Gasteiger partial charge in [-0.1, -0.05) is 32.9 Å². The van der Waals surface area contributed by atoms with Crippen molar-refractivity contribution in [3.63, 3.8) is 0 Å². The molecule has 1 fully saturated rings. The molecule has 0 radical (unpaired) electrons. The Hall–Kier alpha value is -2.11. The van der Waals surface area contributed by atoms with Crippen LogP contribution in [0, 0.1) is 17.2 Å². The van der Waals surface area contributed by atoms with Crippen LogP contribution >= 0.6 is 0 Å². The maximum absolute atomic E-state index is 13.6. The summed E-state index contributed by atoms with van der Waals surface area (Å²) in [5.74, 6) is -0.557. The summed E-state index contributed by atoms with van der Waals surface area (Å²) >= 11 is 0. The predicted molar refractivity (Wildman–Crippen MR) is 89.0 cm³/mol. The van der Waals surface area contributed by atoms with Gasteiger partial charge in [0.05, 0.1) is 12.6 Å². The second-order valence-corrected chi connectivity index (χ2v) is 7.22. The van der Waals surface area contributed by atoms with E-state index in [0.29, 0.717) is 0 Å². The standard InChI is InChI=1S/C18H25FN2O3/c1-18(2,3)15(11-24-14-7-5-4-6-13(14)19)21-16(22)10-20-17(23)12-8-9-12/h4-7,12,15H,8-11H2,1-3H3,(H,20,23)(H,21,22)/t15-/m1/s1. The van der Waals surface area contributed by atoms with Gasteiger partial charge in [-0.15, -0.1) is 0 Å². The Labute approximate surface area is 142 Å². The minimum absolute atomic E-state index is 0.0540. The molecular weight excluding hydrogens is 311 g/mol. The molecule has 5 nitrogen and oxygen atoms in total. The van der Waals surface area contributed by atoms with Crippen LogP contribution in [0.4, 0.5) is 4.39 Å². The molecule has 24 heavy (non-hydrogen) atoms. The van der Waals surface area contributed by atoms with Crippen molar-refractivity contribution in [3.05, 3.63) is 30.1 Å². The summed E-state index contributed by atoms with van der Waals surface area (Å²) < 4.78 is 19.2. The van der Waals surface area contributed by atoms with E-state index < -0.39 is 5.82 Å². The fourth-order valence-electron chi connectivity index (χ4n) is 2.15. The quantitative estimate of drug-likeness (QED) is 0.803. The summed E-state index contributed by atoms with van der Waals surface area (Å²) in [6.07, 6.45) is 1.79. The minimum Gasteiger partial charge on any atom is -0.488 e. The van der Waals surface area contributed by atoms with E-state index in [1.165, 1.54) is 6.07 Å². The van der Waals surface area contributed by atoms with Crippen molar-refractivity contribution in [1.82, 2.24) is 10.6 Å². The van der Waals surface area contributed by atoms with E-state index in [9.17, 15) is 14.0 Å². The SMILES string of the molecule is CC(C)(C)[C@@H](COc1ccccc1F)NC(=O)CNC(=O)C1CC1. The summed E-state index contributed by atoms with van der Waals surface area (Å²) in [6, 6.07) is 5.84. The average Bonchev–Trinajstić information content (AvgIpc) is 3.34. The zero-order valence-corrected chi connectivity index (χ0v) is 14.4. The lowest BCUT2D eigenvalue weighted by Crippen LogP contribution is -2.50. The number of carbonyl (C=O) groups excluding carboxylic acids is 2. The number of hydrogen-bond donors (Lipinski definition) is 2. The van der Waals surface area contributed by atoms with E-state index in [-0.39, 0.29) is 48.1 Å². The Morgan fingerprint density at radius 1 is 1.29 bits per heavy atom. The second-order valence-electron chi connectivity index (χ2n) is 7.22. The molecule has 0 unspecified atom stereocenters. The summed E-state index contributed by atoms with van der Waals surface area (Å²) in [7, 11) is 0. The van der Waals surface area contributed by atoms with Gasteiger partial charge < -0.3 is 15.4 Å². The van der Waals surface area contributed by atoms with Crippen LogP contribution in [0.5, 0.6) is 5.75 Å². The fraction of sp³-hybridized carbons (Fsp3) is 0.556. The maximum Gasteiger partial charge on any atom is 0.239 e. The molecule has 0 aromatic heterocycles.